The number of carbonyl (C=O) groups is 1. The summed E-state index contributed by atoms with van der Waals surface area (Å²) in [4.78, 5) is 12.0. The molecule has 0 aliphatic heterocycles. The number of ketones is 1. The third-order valence-corrected chi connectivity index (χ3v) is 3.53. The zero-order chi connectivity index (χ0) is 11.1. The van der Waals surface area contributed by atoms with Gasteiger partial charge in [-0.25, -0.2) is 0 Å². The van der Waals surface area contributed by atoms with Crippen molar-refractivity contribution in [3.8, 4) is 0 Å². The van der Waals surface area contributed by atoms with E-state index >= 15 is 0 Å². The standard InChI is InChI=1S/C14H24O/c1-3-12(4-2)11-14(15)13-9-7-5-6-8-10-13/h9,12H,3-8,10-11H2,1-2H3. The molecule has 0 heterocycles. The highest BCUT2D eigenvalue weighted by Crippen LogP contribution is 2.22. The van der Waals surface area contributed by atoms with Crippen molar-refractivity contribution >= 4 is 5.78 Å². The van der Waals surface area contributed by atoms with Gasteiger partial charge in [-0.2, -0.15) is 0 Å². The summed E-state index contributed by atoms with van der Waals surface area (Å²) >= 11 is 0. The SMILES string of the molecule is CCC(CC)CC(=O)C1=CCCCCC1. The first-order valence-corrected chi connectivity index (χ1v) is 6.50. The molecule has 0 fully saturated rings. The lowest BCUT2D eigenvalue weighted by Crippen LogP contribution is -2.09. The molecule has 0 amide bonds. The Bertz CT molecular complexity index is 223. The van der Waals surface area contributed by atoms with E-state index in [0.717, 1.165) is 37.7 Å². The van der Waals surface area contributed by atoms with Crippen molar-refractivity contribution in [3.63, 3.8) is 0 Å². The van der Waals surface area contributed by atoms with E-state index in [9.17, 15) is 4.79 Å². The van der Waals surface area contributed by atoms with Crippen LogP contribution in [-0.2, 0) is 4.79 Å². The van der Waals surface area contributed by atoms with E-state index in [0.29, 0.717) is 11.7 Å². The average Bonchev–Trinajstić information content (AvgIpc) is 2.54. The lowest BCUT2D eigenvalue weighted by Gasteiger charge is -2.12. The minimum atomic E-state index is 0.422. The highest BCUT2D eigenvalue weighted by molar-refractivity contribution is 5.95. The molecule has 1 aliphatic rings. The Labute approximate surface area is 93.9 Å². The van der Waals surface area contributed by atoms with Gasteiger partial charge in [0.1, 0.15) is 0 Å². The van der Waals surface area contributed by atoms with Crippen LogP contribution < -0.4 is 0 Å². The zero-order valence-electron chi connectivity index (χ0n) is 10.2. The number of rotatable bonds is 5. The van der Waals surface area contributed by atoms with E-state index in [1.165, 1.54) is 19.3 Å². The fourth-order valence-corrected chi connectivity index (χ4v) is 2.24. The Morgan fingerprint density at radius 1 is 1.27 bits per heavy atom. The molecule has 0 saturated heterocycles. The summed E-state index contributed by atoms with van der Waals surface area (Å²) in [5.41, 5.74) is 1.12. The van der Waals surface area contributed by atoms with Crippen molar-refractivity contribution in [1.82, 2.24) is 0 Å². The minimum absolute atomic E-state index is 0.422. The van der Waals surface area contributed by atoms with Crippen molar-refractivity contribution in [1.29, 1.82) is 0 Å². The van der Waals surface area contributed by atoms with Crippen molar-refractivity contribution < 1.29 is 4.79 Å². The second kappa shape index (κ2) is 6.81. The molecule has 0 aromatic rings. The van der Waals surface area contributed by atoms with E-state index < -0.39 is 0 Å². The molecule has 1 rings (SSSR count). The molecular weight excluding hydrogens is 184 g/mol. The van der Waals surface area contributed by atoms with E-state index in [-0.39, 0.29) is 0 Å². The van der Waals surface area contributed by atoms with Gasteiger partial charge in [0.05, 0.1) is 0 Å². The molecule has 1 nitrogen and oxygen atoms in total. The molecule has 0 N–H and O–H groups in total. The van der Waals surface area contributed by atoms with Gasteiger partial charge in [0.25, 0.3) is 0 Å². The second-order valence-electron chi connectivity index (χ2n) is 4.64. The van der Waals surface area contributed by atoms with Crippen LogP contribution >= 0.6 is 0 Å². The van der Waals surface area contributed by atoms with Gasteiger partial charge in [-0.05, 0) is 37.2 Å². The Hall–Kier alpha value is -0.590. The Kier molecular flexibility index (Phi) is 5.67. The smallest absolute Gasteiger partial charge is 0.158 e. The fraction of sp³-hybridized carbons (Fsp3) is 0.786. The molecule has 0 aromatic carbocycles. The topological polar surface area (TPSA) is 17.1 Å². The molecule has 0 radical (unpaired) electrons. The van der Waals surface area contributed by atoms with Crippen molar-refractivity contribution in [2.45, 2.75) is 65.2 Å². The van der Waals surface area contributed by atoms with Crippen LogP contribution in [0.5, 0.6) is 0 Å². The quantitative estimate of drug-likeness (QED) is 0.659. The van der Waals surface area contributed by atoms with E-state index in [1.807, 2.05) is 0 Å². The molecule has 0 unspecified atom stereocenters. The van der Waals surface area contributed by atoms with Crippen LogP contribution in [0.1, 0.15) is 65.2 Å². The molecular formula is C14H24O. The lowest BCUT2D eigenvalue weighted by molar-refractivity contribution is -0.116. The summed E-state index contributed by atoms with van der Waals surface area (Å²) in [6.07, 6.45) is 11.1. The molecule has 0 saturated carbocycles. The molecule has 0 spiro atoms. The summed E-state index contributed by atoms with van der Waals surface area (Å²) in [6, 6.07) is 0. The monoisotopic (exact) mass is 208 g/mol. The van der Waals surface area contributed by atoms with E-state index in [2.05, 4.69) is 19.9 Å². The first kappa shape index (κ1) is 12.5. The molecule has 0 aromatic heterocycles. The molecule has 86 valence electrons. The number of Topliss-reactive ketones (excluding diaryl/α,β-unsaturated/α-hetero) is 1. The Balaban J connectivity index is 2.47. The van der Waals surface area contributed by atoms with Crippen molar-refractivity contribution in [2.24, 2.45) is 5.92 Å². The molecule has 1 heteroatoms. The maximum atomic E-state index is 12.0. The minimum Gasteiger partial charge on any atom is -0.295 e. The maximum absolute atomic E-state index is 12.0. The van der Waals surface area contributed by atoms with Gasteiger partial charge in [0.2, 0.25) is 0 Å². The molecule has 0 bridgehead atoms. The summed E-state index contributed by atoms with van der Waals surface area (Å²) in [6.45, 7) is 4.37. The first-order chi connectivity index (χ1) is 7.27. The van der Waals surface area contributed by atoms with Gasteiger partial charge < -0.3 is 0 Å². The van der Waals surface area contributed by atoms with Crippen LogP contribution in [0.15, 0.2) is 11.6 Å². The van der Waals surface area contributed by atoms with Gasteiger partial charge in [0, 0.05) is 6.42 Å². The maximum Gasteiger partial charge on any atom is 0.158 e. The van der Waals surface area contributed by atoms with Gasteiger partial charge in [-0.15, -0.1) is 0 Å². The van der Waals surface area contributed by atoms with Gasteiger partial charge >= 0.3 is 0 Å². The lowest BCUT2D eigenvalue weighted by atomic mass is 9.92. The molecule has 1 aliphatic carbocycles. The Morgan fingerprint density at radius 3 is 2.67 bits per heavy atom. The average molecular weight is 208 g/mol. The number of allylic oxidation sites excluding steroid dienone is 2. The number of hydrogen-bond acceptors (Lipinski definition) is 1. The van der Waals surface area contributed by atoms with Crippen LogP contribution in [0, 0.1) is 5.92 Å². The zero-order valence-corrected chi connectivity index (χ0v) is 10.2. The normalized spacial score (nSPS) is 17.4. The van der Waals surface area contributed by atoms with E-state index in [4.69, 9.17) is 0 Å². The van der Waals surface area contributed by atoms with Gasteiger partial charge in [-0.1, -0.05) is 39.2 Å². The van der Waals surface area contributed by atoms with Crippen molar-refractivity contribution in [3.05, 3.63) is 11.6 Å². The van der Waals surface area contributed by atoms with Crippen molar-refractivity contribution in [2.75, 3.05) is 0 Å². The predicted octanol–water partition coefficient (Wildman–Crippen LogP) is 4.27. The third-order valence-electron chi connectivity index (χ3n) is 3.53. The summed E-state index contributed by atoms with van der Waals surface area (Å²) in [5.74, 6) is 1.02. The Morgan fingerprint density at radius 2 is 2.00 bits per heavy atom. The second-order valence-corrected chi connectivity index (χ2v) is 4.64. The summed E-state index contributed by atoms with van der Waals surface area (Å²) in [7, 11) is 0. The third kappa shape index (κ3) is 4.19. The highest BCUT2D eigenvalue weighted by atomic mass is 16.1. The van der Waals surface area contributed by atoms with Crippen LogP contribution in [-0.4, -0.2) is 5.78 Å². The van der Waals surface area contributed by atoms with E-state index in [1.54, 1.807) is 0 Å². The largest absolute Gasteiger partial charge is 0.295 e. The van der Waals surface area contributed by atoms with Crippen LogP contribution in [0.3, 0.4) is 0 Å². The number of carbonyl (C=O) groups excluding carboxylic acids is 1. The summed E-state index contributed by atoms with van der Waals surface area (Å²) < 4.78 is 0. The molecule has 0 atom stereocenters. The van der Waals surface area contributed by atoms with Gasteiger partial charge in [-0.3, -0.25) is 4.79 Å². The van der Waals surface area contributed by atoms with Gasteiger partial charge in [0.15, 0.2) is 5.78 Å². The van der Waals surface area contributed by atoms with Crippen LogP contribution in [0.2, 0.25) is 0 Å². The van der Waals surface area contributed by atoms with Crippen LogP contribution in [0.25, 0.3) is 0 Å². The summed E-state index contributed by atoms with van der Waals surface area (Å²) in [5, 5.41) is 0. The van der Waals surface area contributed by atoms with Crippen LogP contribution in [0.4, 0.5) is 0 Å². The first-order valence-electron chi connectivity index (χ1n) is 6.50. The highest BCUT2D eigenvalue weighted by Gasteiger charge is 2.15. The molecule has 15 heavy (non-hydrogen) atoms. The predicted molar refractivity (Wildman–Crippen MR) is 64.9 cm³/mol. The fourth-order valence-electron chi connectivity index (χ4n) is 2.24. The number of hydrogen-bond donors (Lipinski definition) is 0.